The largest absolute Gasteiger partial charge is 0.373 e. The predicted octanol–water partition coefficient (Wildman–Crippen LogP) is 4.68. The van der Waals surface area contributed by atoms with Crippen molar-refractivity contribution < 1.29 is 9.47 Å². The third kappa shape index (κ3) is 4.60. The first-order valence-corrected chi connectivity index (χ1v) is 8.15. The summed E-state index contributed by atoms with van der Waals surface area (Å²) in [4.78, 5) is 0. The molecule has 0 aliphatic carbocycles. The number of rotatable bonds is 7. The van der Waals surface area contributed by atoms with Crippen LogP contribution in [0.3, 0.4) is 0 Å². The Bertz CT molecular complexity index is 364. The quantitative estimate of drug-likeness (QED) is 0.720. The molecule has 0 spiro atoms. The molecule has 0 amide bonds. The molecular formula is C18H28O2. The first-order valence-electron chi connectivity index (χ1n) is 8.15. The van der Waals surface area contributed by atoms with Crippen molar-refractivity contribution in [1.82, 2.24) is 0 Å². The van der Waals surface area contributed by atoms with Gasteiger partial charge in [-0.2, -0.15) is 0 Å². The van der Waals surface area contributed by atoms with Crippen LogP contribution in [0.5, 0.6) is 0 Å². The molecule has 0 aromatic heterocycles. The van der Waals surface area contributed by atoms with E-state index in [4.69, 9.17) is 9.47 Å². The van der Waals surface area contributed by atoms with Crippen LogP contribution in [0.15, 0.2) is 24.3 Å². The van der Waals surface area contributed by atoms with Gasteiger partial charge in [0.25, 0.3) is 0 Å². The number of ether oxygens (including phenoxy) is 2. The van der Waals surface area contributed by atoms with Crippen LogP contribution in [0, 0.1) is 0 Å². The van der Waals surface area contributed by atoms with Gasteiger partial charge in [-0.05, 0) is 30.4 Å². The van der Waals surface area contributed by atoms with Gasteiger partial charge in [0.1, 0.15) is 6.10 Å². The van der Waals surface area contributed by atoms with E-state index in [0.717, 1.165) is 13.0 Å². The summed E-state index contributed by atoms with van der Waals surface area (Å²) in [6.07, 6.45) is 7.69. The maximum absolute atomic E-state index is 5.97. The van der Waals surface area contributed by atoms with Crippen molar-refractivity contribution in [3.63, 3.8) is 0 Å². The lowest BCUT2D eigenvalue weighted by molar-refractivity contribution is -0.137. The molecule has 0 saturated carbocycles. The molecular weight excluding hydrogens is 248 g/mol. The van der Waals surface area contributed by atoms with Crippen LogP contribution in [0.25, 0.3) is 0 Å². The Kier molecular flexibility index (Phi) is 6.55. The van der Waals surface area contributed by atoms with Crippen LogP contribution >= 0.6 is 0 Å². The van der Waals surface area contributed by atoms with E-state index in [-0.39, 0.29) is 6.10 Å². The molecule has 20 heavy (non-hydrogen) atoms. The maximum Gasteiger partial charge on any atom is 0.106 e. The van der Waals surface area contributed by atoms with Crippen LogP contribution in [-0.2, 0) is 15.9 Å². The van der Waals surface area contributed by atoms with Gasteiger partial charge < -0.3 is 9.47 Å². The lowest BCUT2D eigenvalue weighted by atomic mass is 10.0. The van der Waals surface area contributed by atoms with Gasteiger partial charge in [-0.3, -0.25) is 0 Å². The van der Waals surface area contributed by atoms with E-state index in [9.17, 15) is 0 Å². The summed E-state index contributed by atoms with van der Waals surface area (Å²) in [6.45, 7) is 5.88. The highest BCUT2D eigenvalue weighted by molar-refractivity contribution is 5.24. The summed E-state index contributed by atoms with van der Waals surface area (Å²) in [7, 11) is 0. The molecule has 1 aliphatic heterocycles. The van der Waals surface area contributed by atoms with Gasteiger partial charge >= 0.3 is 0 Å². The highest BCUT2D eigenvalue weighted by Gasteiger charge is 2.22. The molecule has 2 nitrogen and oxygen atoms in total. The molecule has 0 unspecified atom stereocenters. The van der Waals surface area contributed by atoms with Crippen LogP contribution in [0.2, 0.25) is 0 Å². The zero-order valence-electron chi connectivity index (χ0n) is 12.9. The third-order valence-electron chi connectivity index (χ3n) is 4.02. The number of hydrogen-bond acceptors (Lipinski definition) is 2. The van der Waals surface area contributed by atoms with Gasteiger partial charge in [-0.25, -0.2) is 0 Å². The minimum Gasteiger partial charge on any atom is -0.373 e. The van der Waals surface area contributed by atoms with Crippen molar-refractivity contribution in [3.05, 3.63) is 35.4 Å². The zero-order valence-corrected chi connectivity index (χ0v) is 12.9. The summed E-state index contributed by atoms with van der Waals surface area (Å²) in [5.74, 6) is 0. The Morgan fingerprint density at radius 1 is 0.950 bits per heavy atom. The van der Waals surface area contributed by atoms with Crippen LogP contribution in [0.4, 0.5) is 0 Å². The minimum absolute atomic E-state index is 0.119. The SMILES string of the molecule is CCCCc1ccc([C@H]2CO[C@H](CCCC)CO2)cc1. The summed E-state index contributed by atoms with van der Waals surface area (Å²) in [5.41, 5.74) is 2.67. The van der Waals surface area contributed by atoms with Crippen molar-refractivity contribution in [2.45, 2.75) is 64.6 Å². The Labute approximate surface area is 123 Å². The second-order valence-corrected chi connectivity index (χ2v) is 5.76. The lowest BCUT2D eigenvalue weighted by Gasteiger charge is -2.30. The Morgan fingerprint density at radius 3 is 2.30 bits per heavy atom. The summed E-state index contributed by atoms with van der Waals surface area (Å²) in [5, 5.41) is 0. The monoisotopic (exact) mass is 276 g/mol. The van der Waals surface area contributed by atoms with Gasteiger partial charge in [0.05, 0.1) is 19.3 Å². The fraction of sp³-hybridized carbons (Fsp3) is 0.667. The van der Waals surface area contributed by atoms with Crippen LogP contribution < -0.4 is 0 Å². The second kappa shape index (κ2) is 8.43. The smallest absolute Gasteiger partial charge is 0.106 e. The number of unbranched alkanes of at least 4 members (excludes halogenated alkanes) is 2. The Balaban J connectivity index is 1.81. The summed E-state index contributed by atoms with van der Waals surface area (Å²) in [6, 6.07) is 8.87. The summed E-state index contributed by atoms with van der Waals surface area (Å²) >= 11 is 0. The molecule has 2 heteroatoms. The van der Waals surface area contributed by atoms with Crippen molar-refractivity contribution in [3.8, 4) is 0 Å². The fourth-order valence-electron chi connectivity index (χ4n) is 2.61. The molecule has 0 radical (unpaired) electrons. The second-order valence-electron chi connectivity index (χ2n) is 5.76. The number of aryl methyl sites for hydroxylation is 1. The highest BCUT2D eigenvalue weighted by Crippen LogP contribution is 2.25. The molecule has 1 aliphatic rings. The standard InChI is InChI=1S/C18H28O2/c1-3-5-7-15-9-11-16(12-10-15)18-14-19-17(13-20-18)8-6-4-2/h9-12,17-18H,3-8,13-14H2,1-2H3/t17-,18-/m1/s1. The molecule has 0 N–H and O–H groups in total. The van der Waals surface area contributed by atoms with E-state index in [1.807, 2.05) is 0 Å². The topological polar surface area (TPSA) is 18.5 Å². The van der Waals surface area contributed by atoms with E-state index >= 15 is 0 Å². The van der Waals surface area contributed by atoms with Crippen LogP contribution in [0.1, 0.15) is 63.2 Å². The van der Waals surface area contributed by atoms with Gasteiger partial charge in [0.2, 0.25) is 0 Å². The first kappa shape index (κ1) is 15.5. The van der Waals surface area contributed by atoms with E-state index in [1.54, 1.807) is 0 Å². The Morgan fingerprint density at radius 2 is 1.70 bits per heavy atom. The van der Waals surface area contributed by atoms with Crippen molar-refractivity contribution in [2.24, 2.45) is 0 Å². The van der Waals surface area contributed by atoms with E-state index in [1.165, 1.54) is 43.2 Å². The molecule has 1 fully saturated rings. The van der Waals surface area contributed by atoms with Crippen molar-refractivity contribution in [1.29, 1.82) is 0 Å². The molecule has 1 aromatic carbocycles. The van der Waals surface area contributed by atoms with Gasteiger partial charge in [0, 0.05) is 0 Å². The normalized spacial score (nSPS) is 22.9. The molecule has 2 rings (SSSR count). The zero-order chi connectivity index (χ0) is 14.2. The van der Waals surface area contributed by atoms with E-state index < -0.39 is 0 Å². The molecule has 2 atom stereocenters. The van der Waals surface area contributed by atoms with Gasteiger partial charge in [-0.15, -0.1) is 0 Å². The molecule has 1 aromatic rings. The van der Waals surface area contributed by atoms with Gasteiger partial charge in [-0.1, -0.05) is 57.4 Å². The van der Waals surface area contributed by atoms with Crippen molar-refractivity contribution >= 4 is 0 Å². The molecule has 1 saturated heterocycles. The Hall–Kier alpha value is -0.860. The maximum atomic E-state index is 5.97. The third-order valence-corrected chi connectivity index (χ3v) is 4.02. The van der Waals surface area contributed by atoms with E-state index in [0.29, 0.717) is 12.7 Å². The average Bonchev–Trinajstić information content (AvgIpc) is 2.52. The predicted molar refractivity (Wildman–Crippen MR) is 83.0 cm³/mol. The van der Waals surface area contributed by atoms with Gasteiger partial charge in [0.15, 0.2) is 0 Å². The average molecular weight is 276 g/mol. The number of hydrogen-bond donors (Lipinski definition) is 0. The lowest BCUT2D eigenvalue weighted by Crippen LogP contribution is -2.31. The number of benzene rings is 1. The molecule has 112 valence electrons. The van der Waals surface area contributed by atoms with Crippen LogP contribution in [-0.4, -0.2) is 19.3 Å². The highest BCUT2D eigenvalue weighted by atomic mass is 16.6. The first-order chi connectivity index (χ1) is 9.83. The van der Waals surface area contributed by atoms with Crippen molar-refractivity contribution in [2.75, 3.05) is 13.2 Å². The van der Waals surface area contributed by atoms with E-state index in [2.05, 4.69) is 38.1 Å². The fourth-order valence-corrected chi connectivity index (χ4v) is 2.61. The summed E-state index contributed by atoms with van der Waals surface area (Å²) < 4.78 is 11.9. The minimum atomic E-state index is 0.119. The molecule has 0 bridgehead atoms. The molecule has 1 heterocycles.